The maximum absolute atomic E-state index is 11.5. The second-order valence-corrected chi connectivity index (χ2v) is 6.70. The largest absolute Gasteiger partial charge is 0.409 e. The third kappa shape index (κ3) is 4.51. The first-order valence-electron chi connectivity index (χ1n) is 5.89. The van der Waals surface area contributed by atoms with Gasteiger partial charge in [-0.3, -0.25) is 4.90 Å². The van der Waals surface area contributed by atoms with Crippen molar-refractivity contribution in [2.24, 2.45) is 10.9 Å². The van der Waals surface area contributed by atoms with Gasteiger partial charge in [-0.05, 0) is 19.4 Å². The Labute approximate surface area is 102 Å². The van der Waals surface area contributed by atoms with Crippen LogP contribution in [0.15, 0.2) is 5.16 Å². The molecule has 0 amide bonds. The highest BCUT2D eigenvalue weighted by Crippen LogP contribution is 2.13. The molecule has 7 heteroatoms. The summed E-state index contributed by atoms with van der Waals surface area (Å²) in [5.41, 5.74) is 5.50. The molecule has 0 aliphatic carbocycles. The van der Waals surface area contributed by atoms with Crippen LogP contribution in [0.2, 0.25) is 0 Å². The van der Waals surface area contributed by atoms with Crippen LogP contribution < -0.4 is 5.73 Å². The molecule has 0 radical (unpaired) electrons. The van der Waals surface area contributed by atoms with E-state index < -0.39 is 9.84 Å². The Morgan fingerprint density at radius 2 is 2.18 bits per heavy atom. The van der Waals surface area contributed by atoms with Crippen molar-refractivity contribution < 1.29 is 13.6 Å². The molecule has 1 rings (SSSR count). The van der Waals surface area contributed by atoms with Crippen LogP contribution in [0.25, 0.3) is 0 Å². The minimum atomic E-state index is -2.88. The lowest BCUT2D eigenvalue weighted by molar-refractivity contribution is 0.208. The molecule has 1 fully saturated rings. The molecule has 17 heavy (non-hydrogen) atoms. The molecule has 3 N–H and O–H groups in total. The van der Waals surface area contributed by atoms with Gasteiger partial charge < -0.3 is 10.9 Å². The Hall–Kier alpha value is -0.820. The van der Waals surface area contributed by atoms with Crippen molar-refractivity contribution in [2.45, 2.75) is 32.2 Å². The molecule has 1 unspecified atom stereocenters. The fourth-order valence-corrected chi connectivity index (χ4v) is 3.42. The molecule has 100 valence electrons. The number of hydrogen-bond donors (Lipinski definition) is 2. The van der Waals surface area contributed by atoms with E-state index >= 15 is 0 Å². The van der Waals surface area contributed by atoms with Crippen LogP contribution in [0, 0.1) is 0 Å². The molecule has 1 saturated heterocycles. The maximum atomic E-state index is 11.5. The predicted molar refractivity (Wildman–Crippen MR) is 66.9 cm³/mol. The van der Waals surface area contributed by atoms with E-state index in [-0.39, 0.29) is 23.4 Å². The molecule has 0 spiro atoms. The lowest BCUT2D eigenvalue weighted by Gasteiger charge is -2.28. The SMILES string of the molecule is CCC(CC(N)=NO)N1CCCS(=O)(=O)CC1. The van der Waals surface area contributed by atoms with Gasteiger partial charge in [0.25, 0.3) is 0 Å². The topological polar surface area (TPSA) is 96.0 Å². The van der Waals surface area contributed by atoms with Gasteiger partial charge in [0.15, 0.2) is 9.84 Å². The van der Waals surface area contributed by atoms with E-state index in [2.05, 4.69) is 10.1 Å². The summed E-state index contributed by atoms with van der Waals surface area (Å²) in [4.78, 5) is 2.13. The van der Waals surface area contributed by atoms with E-state index in [1.54, 1.807) is 0 Å². The van der Waals surface area contributed by atoms with Crippen LogP contribution in [0.4, 0.5) is 0 Å². The Morgan fingerprint density at radius 1 is 1.47 bits per heavy atom. The van der Waals surface area contributed by atoms with Crippen LogP contribution >= 0.6 is 0 Å². The number of hydrogen-bond acceptors (Lipinski definition) is 5. The first-order chi connectivity index (χ1) is 7.98. The standard InChI is InChI=1S/C10H21N3O3S/c1-2-9(8-10(11)12-14)13-4-3-6-17(15,16)7-5-13/h9,14H,2-8H2,1H3,(H2,11,12). The van der Waals surface area contributed by atoms with Crippen LogP contribution in [0.1, 0.15) is 26.2 Å². The average Bonchev–Trinajstić information content (AvgIpc) is 2.47. The van der Waals surface area contributed by atoms with Crippen molar-refractivity contribution in [3.63, 3.8) is 0 Å². The summed E-state index contributed by atoms with van der Waals surface area (Å²) in [6.45, 7) is 3.32. The van der Waals surface area contributed by atoms with Crippen LogP contribution in [-0.2, 0) is 9.84 Å². The predicted octanol–water partition coefficient (Wildman–Crippen LogP) is 0.0220. The minimum absolute atomic E-state index is 0.152. The minimum Gasteiger partial charge on any atom is -0.409 e. The van der Waals surface area contributed by atoms with Crippen molar-refractivity contribution in [1.82, 2.24) is 4.90 Å². The van der Waals surface area contributed by atoms with Gasteiger partial charge >= 0.3 is 0 Å². The number of oxime groups is 1. The van der Waals surface area contributed by atoms with Gasteiger partial charge in [0.1, 0.15) is 5.84 Å². The molecule has 1 atom stereocenters. The van der Waals surface area contributed by atoms with Crippen molar-refractivity contribution in [3.8, 4) is 0 Å². The highest BCUT2D eigenvalue weighted by atomic mass is 32.2. The zero-order chi connectivity index (χ0) is 12.9. The Kier molecular flexibility index (Phi) is 5.20. The van der Waals surface area contributed by atoms with E-state index in [4.69, 9.17) is 10.9 Å². The second kappa shape index (κ2) is 6.20. The molecule has 0 aromatic carbocycles. The summed E-state index contributed by atoms with van der Waals surface area (Å²) in [7, 11) is -2.88. The molecule has 0 saturated carbocycles. The number of amidine groups is 1. The molecule has 1 aliphatic heterocycles. The van der Waals surface area contributed by atoms with Gasteiger partial charge in [0.2, 0.25) is 0 Å². The Morgan fingerprint density at radius 3 is 2.76 bits per heavy atom. The van der Waals surface area contributed by atoms with Gasteiger partial charge in [0.05, 0.1) is 11.5 Å². The molecular formula is C10H21N3O3S. The fraction of sp³-hybridized carbons (Fsp3) is 0.900. The molecule has 0 aromatic heterocycles. The summed E-state index contributed by atoms with van der Waals surface area (Å²) in [5, 5.41) is 11.5. The smallest absolute Gasteiger partial charge is 0.151 e. The van der Waals surface area contributed by atoms with Crippen LogP contribution in [0.3, 0.4) is 0 Å². The molecular weight excluding hydrogens is 242 g/mol. The van der Waals surface area contributed by atoms with Gasteiger partial charge in [-0.15, -0.1) is 0 Å². The maximum Gasteiger partial charge on any atom is 0.151 e. The third-order valence-corrected chi connectivity index (χ3v) is 4.87. The normalized spacial score (nSPS) is 24.2. The van der Waals surface area contributed by atoms with Crippen molar-refractivity contribution >= 4 is 15.7 Å². The van der Waals surface area contributed by atoms with Crippen molar-refractivity contribution in [1.29, 1.82) is 0 Å². The molecule has 1 heterocycles. The molecule has 0 bridgehead atoms. The summed E-state index contributed by atoms with van der Waals surface area (Å²) in [6, 6.07) is 0.152. The second-order valence-electron chi connectivity index (χ2n) is 4.40. The summed E-state index contributed by atoms with van der Waals surface area (Å²) < 4.78 is 23.0. The number of nitrogens with two attached hydrogens (primary N) is 1. The zero-order valence-electron chi connectivity index (χ0n) is 10.2. The van der Waals surface area contributed by atoms with E-state index in [1.165, 1.54) is 0 Å². The third-order valence-electron chi connectivity index (χ3n) is 3.15. The van der Waals surface area contributed by atoms with Gasteiger partial charge in [-0.1, -0.05) is 12.1 Å². The monoisotopic (exact) mass is 263 g/mol. The quantitative estimate of drug-likeness (QED) is 0.323. The van der Waals surface area contributed by atoms with Gasteiger partial charge in [-0.2, -0.15) is 0 Å². The number of sulfone groups is 1. The van der Waals surface area contributed by atoms with Crippen molar-refractivity contribution in [3.05, 3.63) is 0 Å². The number of rotatable bonds is 4. The van der Waals surface area contributed by atoms with E-state index in [9.17, 15) is 8.42 Å². The van der Waals surface area contributed by atoms with Crippen LogP contribution in [-0.4, -0.2) is 55.0 Å². The first kappa shape index (κ1) is 14.2. The lowest BCUT2D eigenvalue weighted by Crippen LogP contribution is -2.39. The fourth-order valence-electron chi connectivity index (χ4n) is 2.14. The van der Waals surface area contributed by atoms with Crippen molar-refractivity contribution in [2.75, 3.05) is 24.6 Å². The van der Waals surface area contributed by atoms with Gasteiger partial charge in [0, 0.05) is 19.0 Å². The Balaban J connectivity index is 2.63. The lowest BCUT2D eigenvalue weighted by atomic mass is 10.1. The Bertz CT molecular complexity index is 367. The highest BCUT2D eigenvalue weighted by Gasteiger charge is 2.24. The van der Waals surface area contributed by atoms with E-state index in [0.29, 0.717) is 19.4 Å². The number of nitrogens with zero attached hydrogens (tertiary/aromatic N) is 2. The first-order valence-corrected chi connectivity index (χ1v) is 7.71. The summed E-state index contributed by atoms with van der Waals surface area (Å²) in [6.07, 6.45) is 2.00. The molecule has 0 aromatic rings. The highest BCUT2D eigenvalue weighted by molar-refractivity contribution is 7.91. The summed E-state index contributed by atoms with van der Waals surface area (Å²) >= 11 is 0. The van der Waals surface area contributed by atoms with Crippen LogP contribution in [0.5, 0.6) is 0 Å². The summed E-state index contributed by atoms with van der Waals surface area (Å²) in [5.74, 6) is 0.673. The molecule has 1 aliphatic rings. The van der Waals surface area contributed by atoms with E-state index in [1.807, 2.05) is 6.92 Å². The molecule has 6 nitrogen and oxygen atoms in total. The average molecular weight is 263 g/mol. The van der Waals surface area contributed by atoms with E-state index in [0.717, 1.165) is 13.0 Å². The van der Waals surface area contributed by atoms with Gasteiger partial charge in [-0.25, -0.2) is 8.42 Å². The zero-order valence-corrected chi connectivity index (χ0v) is 11.0.